The van der Waals surface area contributed by atoms with Crippen molar-refractivity contribution >= 4 is 5.91 Å². The van der Waals surface area contributed by atoms with Gasteiger partial charge in [0.25, 0.3) is 0 Å². The highest BCUT2D eigenvalue weighted by molar-refractivity contribution is 5.80. The van der Waals surface area contributed by atoms with E-state index in [0.29, 0.717) is 12.1 Å². The van der Waals surface area contributed by atoms with Crippen LogP contribution in [0.1, 0.15) is 46.0 Å². The maximum absolute atomic E-state index is 11.6. The summed E-state index contributed by atoms with van der Waals surface area (Å²) >= 11 is 0. The lowest BCUT2D eigenvalue weighted by molar-refractivity contribution is -0.125. The second kappa shape index (κ2) is 7.74. The standard InChI is InChI=1S/C14H29N3O/c1-5-10-16-12-6-8-13(9-7-12)17(4)11(2)14(18)15-3/h11-13,16H,5-10H2,1-4H3,(H,15,18). The Kier molecular flexibility index (Phi) is 6.65. The molecule has 1 aliphatic carbocycles. The average molecular weight is 255 g/mol. The molecule has 1 aliphatic rings. The molecule has 1 unspecified atom stereocenters. The van der Waals surface area contributed by atoms with E-state index in [0.717, 1.165) is 6.54 Å². The number of nitrogens with one attached hydrogen (secondary N) is 2. The van der Waals surface area contributed by atoms with Gasteiger partial charge in [-0.3, -0.25) is 9.69 Å². The van der Waals surface area contributed by atoms with Gasteiger partial charge in [0, 0.05) is 19.1 Å². The predicted molar refractivity (Wildman–Crippen MR) is 75.6 cm³/mol. The lowest BCUT2D eigenvalue weighted by Gasteiger charge is -2.37. The first-order valence-electron chi connectivity index (χ1n) is 7.27. The smallest absolute Gasteiger partial charge is 0.236 e. The third-order valence-corrected chi connectivity index (χ3v) is 4.19. The number of nitrogens with zero attached hydrogens (tertiary/aromatic N) is 1. The molecule has 18 heavy (non-hydrogen) atoms. The molecule has 0 aliphatic heterocycles. The molecule has 4 nitrogen and oxygen atoms in total. The summed E-state index contributed by atoms with van der Waals surface area (Å²) < 4.78 is 0. The zero-order valence-corrected chi connectivity index (χ0v) is 12.3. The average Bonchev–Trinajstić information content (AvgIpc) is 2.43. The molecule has 1 fully saturated rings. The summed E-state index contributed by atoms with van der Waals surface area (Å²) in [5, 5.41) is 6.32. The van der Waals surface area contributed by atoms with E-state index in [9.17, 15) is 4.79 Å². The molecule has 0 saturated heterocycles. The molecule has 0 heterocycles. The van der Waals surface area contributed by atoms with E-state index in [1.54, 1.807) is 7.05 Å². The normalized spacial score (nSPS) is 26.1. The summed E-state index contributed by atoms with van der Waals surface area (Å²) in [6.45, 7) is 5.32. The molecular weight excluding hydrogens is 226 g/mol. The Morgan fingerprint density at radius 1 is 1.33 bits per heavy atom. The fourth-order valence-electron chi connectivity index (χ4n) is 2.75. The summed E-state index contributed by atoms with van der Waals surface area (Å²) in [5.41, 5.74) is 0. The monoisotopic (exact) mass is 255 g/mol. The first-order chi connectivity index (χ1) is 8.60. The van der Waals surface area contributed by atoms with Crippen molar-refractivity contribution in [3.05, 3.63) is 0 Å². The van der Waals surface area contributed by atoms with Crippen LogP contribution >= 0.6 is 0 Å². The highest BCUT2D eigenvalue weighted by Crippen LogP contribution is 2.23. The van der Waals surface area contributed by atoms with Gasteiger partial charge in [-0.2, -0.15) is 0 Å². The molecule has 1 atom stereocenters. The van der Waals surface area contributed by atoms with Crippen LogP contribution in [0.3, 0.4) is 0 Å². The van der Waals surface area contributed by atoms with Gasteiger partial charge >= 0.3 is 0 Å². The van der Waals surface area contributed by atoms with Crippen molar-refractivity contribution < 1.29 is 4.79 Å². The van der Waals surface area contributed by atoms with E-state index in [-0.39, 0.29) is 11.9 Å². The third kappa shape index (κ3) is 4.25. The topological polar surface area (TPSA) is 44.4 Å². The first kappa shape index (κ1) is 15.4. The van der Waals surface area contributed by atoms with E-state index < -0.39 is 0 Å². The van der Waals surface area contributed by atoms with E-state index in [2.05, 4.69) is 29.5 Å². The van der Waals surface area contributed by atoms with Gasteiger partial charge in [0.1, 0.15) is 0 Å². The zero-order chi connectivity index (χ0) is 13.5. The van der Waals surface area contributed by atoms with Crippen LogP contribution in [0.5, 0.6) is 0 Å². The Morgan fingerprint density at radius 2 is 1.94 bits per heavy atom. The second-order valence-corrected chi connectivity index (χ2v) is 5.42. The summed E-state index contributed by atoms with van der Waals surface area (Å²) in [4.78, 5) is 13.9. The molecule has 1 saturated carbocycles. The van der Waals surface area contributed by atoms with Crippen molar-refractivity contribution in [2.45, 2.75) is 64.1 Å². The van der Waals surface area contributed by atoms with Gasteiger partial charge in [-0.1, -0.05) is 6.92 Å². The molecule has 0 spiro atoms. The SMILES string of the molecule is CCCNC1CCC(N(C)C(C)C(=O)NC)CC1. The summed E-state index contributed by atoms with van der Waals surface area (Å²) in [6.07, 6.45) is 6.05. The van der Waals surface area contributed by atoms with E-state index in [1.165, 1.54) is 32.1 Å². The van der Waals surface area contributed by atoms with Crippen LogP contribution in [-0.2, 0) is 4.79 Å². The minimum Gasteiger partial charge on any atom is -0.358 e. The van der Waals surface area contributed by atoms with E-state index in [4.69, 9.17) is 0 Å². The molecule has 0 radical (unpaired) electrons. The van der Waals surface area contributed by atoms with Crippen LogP contribution in [0.25, 0.3) is 0 Å². The predicted octanol–water partition coefficient (Wildman–Crippen LogP) is 1.36. The Balaban J connectivity index is 2.35. The Morgan fingerprint density at radius 3 is 2.44 bits per heavy atom. The number of hydrogen-bond donors (Lipinski definition) is 2. The van der Waals surface area contributed by atoms with Crippen molar-refractivity contribution in [3.63, 3.8) is 0 Å². The van der Waals surface area contributed by atoms with Crippen LogP contribution in [-0.4, -0.2) is 49.6 Å². The number of likely N-dealkylation sites (N-methyl/N-ethyl adjacent to an activating group) is 2. The van der Waals surface area contributed by atoms with Gasteiger partial charge < -0.3 is 10.6 Å². The van der Waals surface area contributed by atoms with Gasteiger partial charge in [0.15, 0.2) is 0 Å². The summed E-state index contributed by atoms with van der Waals surface area (Å²) in [7, 11) is 3.78. The molecule has 0 bridgehead atoms. The number of hydrogen-bond acceptors (Lipinski definition) is 3. The fraction of sp³-hybridized carbons (Fsp3) is 0.929. The van der Waals surface area contributed by atoms with Crippen LogP contribution in [0.15, 0.2) is 0 Å². The molecule has 1 rings (SSSR count). The van der Waals surface area contributed by atoms with Crippen LogP contribution < -0.4 is 10.6 Å². The number of carbonyl (C=O) groups is 1. The molecule has 4 heteroatoms. The van der Waals surface area contributed by atoms with Crippen molar-refractivity contribution in [1.82, 2.24) is 15.5 Å². The first-order valence-corrected chi connectivity index (χ1v) is 7.27. The molecule has 0 aromatic rings. The van der Waals surface area contributed by atoms with E-state index in [1.807, 2.05) is 6.92 Å². The van der Waals surface area contributed by atoms with Gasteiger partial charge in [0.05, 0.1) is 6.04 Å². The Bertz CT molecular complexity index is 249. The minimum absolute atomic E-state index is 0.0276. The van der Waals surface area contributed by atoms with Gasteiger partial charge in [-0.05, 0) is 52.6 Å². The minimum atomic E-state index is -0.0276. The zero-order valence-electron chi connectivity index (χ0n) is 12.3. The van der Waals surface area contributed by atoms with Gasteiger partial charge in [-0.25, -0.2) is 0 Å². The Labute approximate surface area is 111 Å². The lowest BCUT2D eigenvalue weighted by Crippen LogP contribution is -2.49. The number of amides is 1. The summed E-state index contributed by atoms with van der Waals surface area (Å²) in [6, 6.07) is 1.21. The van der Waals surface area contributed by atoms with Crippen LogP contribution in [0, 0.1) is 0 Å². The molecule has 0 aromatic heterocycles. The highest BCUT2D eigenvalue weighted by Gasteiger charge is 2.28. The third-order valence-electron chi connectivity index (χ3n) is 4.19. The lowest BCUT2D eigenvalue weighted by atomic mass is 9.89. The molecule has 1 amide bonds. The fourth-order valence-corrected chi connectivity index (χ4v) is 2.75. The molecule has 2 N–H and O–H groups in total. The van der Waals surface area contributed by atoms with Crippen molar-refractivity contribution in [3.8, 4) is 0 Å². The quantitative estimate of drug-likeness (QED) is 0.753. The molecular formula is C14H29N3O. The largest absolute Gasteiger partial charge is 0.358 e. The van der Waals surface area contributed by atoms with Crippen molar-refractivity contribution in [2.75, 3.05) is 20.6 Å². The maximum Gasteiger partial charge on any atom is 0.236 e. The van der Waals surface area contributed by atoms with Crippen molar-refractivity contribution in [1.29, 1.82) is 0 Å². The van der Waals surface area contributed by atoms with Crippen molar-refractivity contribution in [2.24, 2.45) is 0 Å². The summed E-state index contributed by atoms with van der Waals surface area (Å²) in [5.74, 6) is 0.115. The second-order valence-electron chi connectivity index (χ2n) is 5.42. The van der Waals surface area contributed by atoms with E-state index >= 15 is 0 Å². The van der Waals surface area contributed by atoms with Gasteiger partial charge in [-0.15, -0.1) is 0 Å². The molecule has 0 aromatic carbocycles. The van der Waals surface area contributed by atoms with Gasteiger partial charge in [0.2, 0.25) is 5.91 Å². The highest BCUT2D eigenvalue weighted by atomic mass is 16.2. The molecule has 106 valence electrons. The van der Waals surface area contributed by atoms with Crippen LogP contribution in [0.4, 0.5) is 0 Å². The maximum atomic E-state index is 11.6. The Hall–Kier alpha value is -0.610. The number of rotatable bonds is 6. The van der Waals surface area contributed by atoms with Crippen LogP contribution in [0.2, 0.25) is 0 Å². The number of carbonyl (C=O) groups excluding carboxylic acids is 1.